The summed E-state index contributed by atoms with van der Waals surface area (Å²) in [6, 6.07) is 9.99. The maximum Gasteiger partial charge on any atom is 0.119 e. The van der Waals surface area contributed by atoms with Gasteiger partial charge >= 0.3 is 0 Å². The Balaban J connectivity index is 1.80. The SMILES string of the molecule is C[C@@H]1S[C@@H]1COc1ccccc1. The molecule has 0 amide bonds. The van der Waals surface area contributed by atoms with E-state index in [1.807, 2.05) is 42.1 Å². The maximum absolute atomic E-state index is 5.58. The second-order valence-corrected chi connectivity index (χ2v) is 4.62. The minimum absolute atomic E-state index is 0.727. The van der Waals surface area contributed by atoms with Crippen molar-refractivity contribution in [2.24, 2.45) is 0 Å². The van der Waals surface area contributed by atoms with E-state index >= 15 is 0 Å². The molecule has 12 heavy (non-hydrogen) atoms. The highest BCUT2D eigenvalue weighted by atomic mass is 32.2. The van der Waals surface area contributed by atoms with Gasteiger partial charge in [-0.25, -0.2) is 0 Å². The predicted octanol–water partition coefficient (Wildman–Crippen LogP) is 2.57. The molecule has 2 heteroatoms. The predicted molar refractivity (Wildman–Crippen MR) is 52.8 cm³/mol. The second-order valence-electron chi connectivity index (χ2n) is 3.00. The van der Waals surface area contributed by atoms with E-state index < -0.39 is 0 Å². The molecule has 0 bridgehead atoms. The Morgan fingerprint density at radius 3 is 2.58 bits per heavy atom. The molecule has 0 aromatic heterocycles. The Bertz CT molecular complexity index is 247. The van der Waals surface area contributed by atoms with Crippen LogP contribution in [0.4, 0.5) is 0 Å². The Hall–Kier alpha value is -0.630. The van der Waals surface area contributed by atoms with Crippen molar-refractivity contribution in [1.82, 2.24) is 0 Å². The number of benzene rings is 1. The highest BCUT2D eigenvalue weighted by Gasteiger charge is 2.34. The van der Waals surface area contributed by atoms with Gasteiger partial charge < -0.3 is 4.74 Å². The molecule has 1 saturated heterocycles. The van der Waals surface area contributed by atoms with Crippen LogP contribution in [-0.4, -0.2) is 17.1 Å². The van der Waals surface area contributed by atoms with Crippen LogP contribution in [0.3, 0.4) is 0 Å². The molecule has 1 nitrogen and oxygen atoms in total. The number of thioether (sulfide) groups is 1. The highest BCUT2D eigenvalue weighted by molar-refractivity contribution is 8.07. The average Bonchev–Trinajstić information content (AvgIpc) is 2.81. The summed E-state index contributed by atoms with van der Waals surface area (Å²) in [6.45, 7) is 3.10. The summed E-state index contributed by atoms with van der Waals surface area (Å²) in [4.78, 5) is 0. The normalized spacial score (nSPS) is 26.8. The molecular weight excluding hydrogens is 168 g/mol. The number of hydrogen-bond donors (Lipinski definition) is 0. The monoisotopic (exact) mass is 180 g/mol. The minimum Gasteiger partial charge on any atom is -0.492 e. The lowest BCUT2D eigenvalue weighted by Crippen LogP contribution is -2.05. The molecule has 1 aliphatic rings. The largest absolute Gasteiger partial charge is 0.492 e. The van der Waals surface area contributed by atoms with Crippen molar-refractivity contribution < 1.29 is 4.74 Å². The molecule has 0 saturated carbocycles. The summed E-state index contributed by atoms with van der Waals surface area (Å²) in [5.41, 5.74) is 0. The van der Waals surface area contributed by atoms with Gasteiger partial charge in [-0.05, 0) is 12.1 Å². The fourth-order valence-electron chi connectivity index (χ4n) is 1.10. The van der Waals surface area contributed by atoms with Gasteiger partial charge in [0.2, 0.25) is 0 Å². The summed E-state index contributed by atoms with van der Waals surface area (Å²) in [7, 11) is 0. The molecule has 2 rings (SSSR count). The summed E-state index contributed by atoms with van der Waals surface area (Å²) < 4.78 is 5.58. The molecule has 0 N–H and O–H groups in total. The van der Waals surface area contributed by atoms with Crippen molar-refractivity contribution >= 4 is 11.8 Å². The third-order valence-corrected chi connectivity index (χ3v) is 3.33. The molecule has 64 valence electrons. The first-order chi connectivity index (χ1) is 5.86. The first-order valence-electron chi connectivity index (χ1n) is 4.19. The summed E-state index contributed by atoms with van der Waals surface area (Å²) in [5, 5.41) is 1.53. The van der Waals surface area contributed by atoms with Crippen LogP contribution < -0.4 is 4.74 Å². The molecular formula is C10H12OS. The summed E-state index contributed by atoms with van der Waals surface area (Å²) in [6.07, 6.45) is 0. The smallest absolute Gasteiger partial charge is 0.119 e. The standard InChI is InChI=1S/C10H12OS/c1-8-10(12-8)7-11-9-5-3-2-4-6-9/h2-6,8,10H,7H2,1H3/t8-,10+/m0/s1. The Morgan fingerprint density at radius 1 is 1.33 bits per heavy atom. The molecule has 0 unspecified atom stereocenters. The van der Waals surface area contributed by atoms with E-state index in [-0.39, 0.29) is 0 Å². The highest BCUT2D eigenvalue weighted by Crippen LogP contribution is 2.40. The zero-order chi connectivity index (χ0) is 8.39. The van der Waals surface area contributed by atoms with Crippen LogP contribution >= 0.6 is 11.8 Å². The lowest BCUT2D eigenvalue weighted by atomic mass is 10.3. The van der Waals surface area contributed by atoms with Crippen molar-refractivity contribution in [1.29, 1.82) is 0 Å². The molecule has 1 fully saturated rings. The zero-order valence-electron chi connectivity index (χ0n) is 7.07. The minimum atomic E-state index is 0.727. The molecule has 1 aromatic carbocycles. The second kappa shape index (κ2) is 3.40. The van der Waals surface area contributed by atoms with Gasteiger partial charge in [0, 0.05) is 5.25 Å². The number of rotatable bonds is 3. The van der Waals surface area contributed by atoms with Crippen LogP contribution in [0.1, 0.15) is 6.92 Å². The van der Waals surface area contributed by atoms with Gasteiger partial charge in [-0.15, -0.1) is 11.8 Å². The van der Waals surface area contributed by atoms with Crippen LogP contribution in [0.15, 0.2) is 30.3 Å². The lowest BCUT2D eigenvalue weighted by Gasteiger charge is -2.02. The lowest BCUT2D eigenvalue weighted by molar-refractivity contribution is 0.325. The number of ether oxygens (including phenoxy) is 1. The maximum atomic E-state index is 5.58. The van der Waals surface area contributed by atoms with Crippen LogP contribution in [0.5, 0.6) is 5.75 Å². The van der Waals surface area contributed by atoms with E-state index in [0.29, 0.717) is 0 Å². The van der Waals surface area contributed by atoms with E-state index in [0.717, 1.165) is 22.9 Å². The quantitative estimate of drug-likeness (QED) is 0.661. The van der Waals surface area contributed by atoms with Crippen molar-refractivity contribution in [3.8, 4) is 5.75 Å². The Kier molecular flexibility index (Phi) is 2.26. The van der Waals surface area contributed by atoms with Crippen molar-refractivity contribution in [2.75, 3.05) is 6.61 Å². The van der Waals surface area contributed by atoms with Gasteiger partial charge in [0.05, 0.1) is 5.25 Å². The van der Waals surface area contributed by atoms with E-state index in [2.05, 4.69) is 6.92 Å². The first kappa shape index (κ1) is 7.99. The van der Waals surface area contributed by atoms with Gasteiger partial charge in [0.15, 0.2) is 0 Å². The summed E-state index contributed by atoms with van der Waals surface area (Å²) in [5.74, 6) is 0.984. The molecule has 2 atom stereocenters. The third-order valence-electron chi connectivity index (χ3n) is 1.99. The van der Waals surface area contributed by atoms with Gasteiger partial charge in [-0.3, -0.25) is 0 Å². The van der Waals surface area contributed by atoms with Crippen molar-refractivity contribution in [3.63, 3.8) is 0 Å². The van der Waals surface area contributed by atoms with Crippen LogP contribution in [0, 0.1) is 0 Å². The number of hydrogen-bond acceptors (Lipinski definition) is 2. The molecule has 0 spiro atoms. The average molecular weight is 180 g/mol. The molecule has 0 aliphatic carbocycles. The van der Waals surface area contributed by atoms with Crippen molar-refractivity contribution in [3.05, 3.63) is 30.3 Å². The molecule has 1 aromatic rings. The van der Waals surface area contributed by atoms with Gasteiger partial charge in [-0.2, -0.15) is 0 Å². The molecule has 1 aliphatic heterocycles. The first-order valence-corrected chi connectivity index (χ1v) is 5.14. The van der Waals surface area contributed by atoms with Crippen molar-refractivity contribution in [2.45, 2.75) is 17.4 Å². The van der Waals surface area contributed by atoms with E-state index in [4.69, 9.17) is 4.74 Å². The number of para-hydroxylation sites is 1. The molecule has 1 heterocycles. The van der Waals surface area contributed by atoms with Gasteiger partial charge in [0.25, 0.3) is 0 Å². The third kappa shape index (κ3) is 1.95. The van der Waals surface area contributed by atoms with Crippen LogP contribution in [0.25, 0.3) is 0 Å². The zero-order valence-corrected chi connectivity index (χ0v) is 7.88. The topological polar surface area (TPSA) is 9.23 Å². The van der Waals surface area contributed by atoms with Gasteiger partial charge in [0.1, 0.15) is 12.4 Å². The van der Waals surface area contributed by atoms with E-state index in [1.165, 1.54) is 0 Å². The Morgan fingerprint density at radius 2 is 2.00 bits per heavy atom. The molecule has 0 radical (unpaired) electrons. The van der Waals surface area contributed by atoms with Gasteiger partial charge in [-0.1, -0.05) is 25.1 Å². The van der Waals surface area contributed by atoms with E-state index in [1.54, 1.807) is 0 Å². The summed E-state index contributed by atoms with van der Waals surface area (Å²) >= 11 is 1.99. The van der Waals surface area contributed by atoms with E-state index in [9.17, 15) is 0 Å². The fourth-order valence-corrected chi connectivity index (χ4v) is 1.79. The van der Waals surface area contributed by atoms with Crippen LogP contribution in [0.2, 0.25) is 0 Å². The Labute approximate surface area is 77.1 Å². The van der Waals surface area contributed by atoms with Crippen LogP contribution in [-0.2, 0) is 0 Å². The fraction of sp³-hybridized carbons (Fsp3) is 0.400.